The zero-order chi connectivity index (χ0) is 12.8. The van der Waals surface area contributed by atoms with Crippen molar-refractivity contribution in [2.24, 2.45) is 0 Å². The normalized spacial score (nSPS) is 12.2. The summed E-state index contributed by atoms with van der Waals surface area (Å²) in [5, 5.41) is 0.720. The molecule has 0 N–H and O–H groups in total. The summed E-state index contributed by atoms with van der Waals surface area (Å²) in [6, 6.07) is 7.85. The SMILES string of the molecule is CCC(C)N(C)C(=O)CSc1ccc(Cl)cc1. The van der Waals surface area contributed by atoms with E-state index in [1.54, 1.807) is 11.8 Å². The highest BCUT2D eigenvalue weighted by atomic mass is 35.5. The van der Waals surface area contributed by atoms with E-state index in [2.05, 4.69) is 13.8 Å². The monoisotopic (exact) mass is 271 g/mol. The Balaban J connectivity index is 2.45. The Morgan fingerprint density at radius 1 is 1.41 bits per heavy atom. The van der Waals surface area contributed by atoms with Crippen molar-refractivity contribution in [1.82, 2.24) is 4.90 Å². The molecule has 0 aromatic heterocycles. The highest BCUT2D eigenvalue weighted by molar-refractivity contribution is 8.00. The van der Waals surface area contributed by atoms with Gasteiger partial charge in [-0.1, -0.05) is 18.5 Å². The van der Waals surface area contributed by atoms with Gasteiger partial charge in [-0.05, 0) is 37.6 Å². The first-order valence-electron chi connectivity index (χ1n) is 5.68. The molecule has 2 nitrogen and oxygen atoms in total. The van der Waals surface area contributed by atoms with E-state index in [1.165, 1.54) is 0 Å². The molecule has 0 bridgehead atoms. The summed E-state index contributed by atoms with van der Waals surface area (Å²) in [5.74, 6) is 0.641. The Morgan fingerprint density at radius 3 is 2.53 bits per heavy atom. The van der Waals surface area contributed by atoms with Gasteiger partial charge in [0.25, 0.3) is 0 Å². The summed E-state index contributed by atoms with van der Waals surface area (Å²) < 4.78 is 0. The van der Waals surface area contributed by atoms with Gasteiger partial charge >= 0.3 is 0 Å². The zero-order valence-electron chi connectivity index (χ0n) is 10.4. The molecule has 0 spiro atoms. The number of nitrogens with zero attached hydrogens (tertiary/aromatic N) is 1. The number of amides is 1. The molecule has 0 saturated heterocycles. The molecule has 0 fully saturated rings. The fourth-order valence-corrected chi connectivity index (χ4v) is 2.25. The predicted octanol–water partition coefficient (Wildman–Crippen LogP) is 3.69. The van der Waals surface area contributed by atoms with Gasteiger partial charge in [-0.25, -0.2) is 0 Å². The molecule has 0 heterocycles. The van der Waals surface area contributed by atoms with Crippen LogP contribution in [0, 0.1) is 0 Å². The first kappa shape index (κ1) is 14.4. The molecular weight excluding hydrogens is 254 g/mol. The standard InChI is InChI=1S/C13H18ClNOS/c1-4-10(2)15(3)13(16)9-17-12-7-5-11(14)6-8-12/h5-8,10H,4,9H2,1-3H3. The van der Waals surface area contributed by atoms with E-state index in [9.17, 15) is 4.79 Å². The van der Waals surface area contributed by atoms with Gasteiger partial charge in [0.2, 0.25) is 5.91 Å². The second-order valence-corrected chi connectivity index (χ2v) is 5.49. The minimum Gasteiger partial charge on any atom is -0.342 e. The van der Waals surface area contributed by atoms with Crippen LogP contribution in [0.5, 0.6) is 0 Å². The molecule has 94 valence electrons. The number of thioether (sulfide) groups is 1. The maximum absolute atomic E-state index is 11.9. The highest BCUT2D eigenvalue weighted by Crippen LogP contribution is 2.20. The van der Waals surface area contributed by atoms with Gasteiger partial charge in [-0.3, -0.25) is 4.79 Å². The fraction of sp³-hybridized carbons (Fsp3) is 0.462. The van der Waals surface area contributed by atoms with Gasteiger partial charge in [0.15, 0.2) is 0 Å². The smallest absolute Gasteiger partial charge is 0.232 e. The predicted molar refractivity (Wildman–Crippen MR) is 74.7 cm³/mol. The van der Waals surface area contributed by atoms with Gasteiger partial charge in [0.05, 0.1) is 5.75 Å². The summed E-state index contributed by atoms with van der Waals surface area (Å²) in [4.78, 5) is 14.7. The second-order valence-electron chi connectivity index (χ2n) is 4.00. The molecule has 0 aliphatic rings. The molecular formula is C13H18ClNOS. The Hall–Kier alpha value is -0.670. The van der Waals surface area contributed by atoms with Crippen LogP contribution in [0.3, 0.4) is 0 Å². The topological polar surface area (TPSA) is 20.3 Å². The van der Waals surface area contributed by atoms with E-state index in [-0.39, 0.29) is 5.91 Å². The van der Waals surface area contributed by atoms with Crippen molar-refractivity contribution in [1.29, 1.82) is 0 Å². The summed E-state index contributed by atoms with van der Waals surface area (Å²) in [5.41, 5.74) is 0. The second kappa shape index (κ2) is 6.92. The Morgan fingerprint density at radius 2 is 2.00 bits per heavy atom. The van der Waals surface area contributed by atoms with Crippen LogP contribution in [-0.2, 0) is 4.79 Å². The van der Waals surface area contributed by atoms with Crippen LogP contribution in [-0.4, -0.2) is 29.6 Å². The number of halogens is 1. The first-order chi connectivity index (χ1) is 8.04. The molecule has 1 aromatic rings. The third-order valence-electron chi connectivity index (χ3n) is 2.82. The van der Waals surface area contributed by atoms with Crippen LogP contribution in [0.2, 0.25) is 5.02 Å². The van der Waals surface area contributed by atoms with Crippen molar-refractivity contribution in [2.75, 3.05) is 12.8 Å². The fourth-order valence-electron chi connectivity index (χ4n) is 1.30. The zero-order valence-corrected chi connectivity index (χ0v) is 12.0. The highest BCUT2D eigenvalue weighted by Gasteiger charge is 2.13. The summed E-state index contributed by atoms with van der Waals surface area (Å²) >= 11 is 7.34. The average Bonchev–Trinajstić information content (AvgIpc) is 2.35. The molecule has 1 rings (SSSR count). The van der Waals surface area contributed by atoms with E-state index in [4.69, 9.17) is 11.6 Å². The van der Waals surface area contributed by atoms with Crippen molar-refractivity contribution in [2.45, 2.75) is 31.2 Å². The number of carbonyl (C=O) groups is 1. The van der Waals surface area contributed by atoms with Crippen molar-refractivity contribution < 1.29 is 4.79 Å². The lowest BCUT2D eigenvalue weighted by Crippen LogP contribution is -2.35. The van der Waals surface area contributed by atoms with Crippen molar-refractivity contribution >= 4 is 29.3 Å². The van der Waals surface area contributed by atoms with Gasteiger partial charge in [0, 0.05) is 23.0 Å². The van der Waals surface area contributed by atoms with Crippen LogP contribution in [0.25, 0.3) is 0 Å². The van der Waals surface area contributed by atoms with Crippen LogP contribution in [0.1, 0.15) is 20.3 Å². The van der Waals surface area contributed by atoms with Crippen molar-refractivity contribution in [3.8, 4) is 0 Å². The van der Waals surface area contributed by atoms with Crippen LogP contribution in [0.15, 0.2) is 29.2 Å². The quantitative estimate of drug-likeness (QED) is 0.762. The number of carbonyl (C=O) groups excluding carboxylic acids is 1. The molecule has 0 saturated carbocycles. The van der Waals surface area contributed by atoms with Crippen LogP contribution >= 0.6 is 23.4 Å². The van der Waals surface area contributed by atoms with Gasteiger partial charge < -0.3 is 4.90 Å². The van der Waals surface area contributed by atoms with Gasteiger partial charge in [0.1, 0.15) is 0 Å². The molecule has 1 amide bonds. The summed E-state index contributed by atoms with van der Waals surface area (Å²) in [7, 11) is 1.86. The van der Waals surface area contributed by atoms with E-state index >= 15 is 0 Å². The minimum atomic E-state index is 0.166. The summed E-state index contributed by atoms with van der Waals surface area (Å²) in [6.45, 7) is 4.14. The molecule has 0 aliphatic heterocycles. The maximum Gasteiger partial charge on any atom is 0.232 e. The first-order valence-corrected chi connectivity index (χ1v) is 7.05. The third kappa shape index (κ3) is 4.60. The lowest BCUT2D eigenvalue weighted by molar-refractivity contribution is -0.128. The average molecular weight is 272 g/mol. The number of rotatable bonds is 5. The number of hydrogen-bond acceptors (Lipinski definition) is 2. The maximum atomic E-state index is 11.9. The minimum absolute atomic E-state index is 0.166. The lowest BCUT2D eigenvalue weighted by atomic mass is 10.2. The van der Waals surface area contributed by atoms with Gasteiger partial charge in [-0.15, -0.1) is 11.8 Å². The number of hydrogen-bond donors (Lipinski definition) is 0. The van der Waals surface area contributed by atoms with E-state index in [1.807, 2.05) is 36.2 Å². The molecule has 17 heavy (non-hydrogen) atoms. The third-order valence-corrected chi connectivity index (χ3v) is 4.07. The molecule has 1 aromatic carbocycles. The van der Waals surface area contributed by atoms with E-state index in [0.29, 0.717) is 11.8 Å². The Kier molecular flexibility index (Phi) is 5.86. The van der Waals surface area contributed by atoms with Crippen LogP contribution in [0.4, 0.5) is 0 Å². The Labute approximate surface area is 112 Å². The molecule has 0 radical (unpaired) electrons. The molecule has 4 heteroatoms. The molecule has 1 unspecified atom stereocenters. The lowest BCUT2D eigenvalue weighted by Gasteiger charge is -2.23. The Bertz CT molecular complexity index is 366. The summed E-state index contributed by atoms with van der Waals surface area (Å²) in [6.07, 6.45) is 0.980. The molecule has 1 atom stereocenters. The van der Waals surface area contributed by atoms with E-state index < -0.39 is 0 Å². The van der Waals surface area contributed by atoms with Crippen LogP contribution < -0.4 is 0 Å². The van der Waals surface area contributed by atoms with Gasteiger partial charge in [-0.2, -0.15) is 0 Å². The largest absolute Gasteiger partial charge is 0.342 e. The molecule has 0 aliphatic carbocycles. The van der Waals surface area contributed by atoms with Crippen molar-refractivity contribution in [3.63, 3.8) is 0 Å². The van der Waals surface area contributed by atoms with Crippen molar-refractivity contribution in [3.05, 3.63) is 29.3 Å². The number of benzene rings is 1. The van der Waals surface area contributed by atoms with E-state index in [0.717, 1.165) is 16.3 Å².